The molecule has 0 fully saturated rings. The highest BCUT2D eigenvalue weighted by atomic mass is 16.5. The number of hydrogen-bond donors (Lipinski definition) is 1. The SMILES string of the molecule is COCCCN1C(=O)c2ccc(C(=O)Nc3c(-c4ccccc4)nc4c(C)cccn34)cc2C1=O. The molecule has 5 rings (SSSR count). The molecule has 0 unspecified atom stereocenters. The number of carbonyl (C=O) groups is 3. The van der Waals surface area contributed by atoms with Crippen LogP contribution in [0.4, 0.5) is 5.82 Å². The number of nitrogens with zero attached hydrogens (tertiary/aromatic N) is 3. The van der Waals surface area contributed by atoms with Crippen LogP contribution >= 0.6 is 0 Å². The van der Waals surface area contributed by atoms with Crippen LogP contribution in [0.15, 0.2) is 66.9 Å². The van der Waals surface area contributed by atoms with Crippen LogP contribution in [-0.2, 0) is 4.74 Å². The van der Waals surface area contributed by atoms with E-state index in [1.165, 1.54) is 17.0 Å². The predicted molar refractivity (Wildman–Crippen MR) is 132 cm³/mol. The third kappa shape index (κ3) is 3.98. The molecule has 2 aromatic carbocycles. The lowest BCUT2D eigenvalue weighted by molar-refractivity contribution is 0.0638. The fourth-order valence-corrected chi connectivity index (χ4v) is 4.30. The van der Waals surface area contributed by atoms with Crippen LogP contribution in [0.3, 0.4) is 0 Å². The lowest BCUT2D eigenvalue weighted by Gasteiger charge is -2.12. The Kier molecular flexibility index (Phi) is 5.88. The first-order valence-corrected chi connectivity index (χ1v) is 11.3. The standard InChI is InChI=1S/C27H24N4O4/c1-17-8-6-13-30-23(17)28-22(18-9-4-3-5-10-18)24(30)29-25(32)19-11-12-20-21(16-19)27(34)31(26(20)33)14-7-15-35-2/h3-6,8-13,16H,7,14-15H2,1-2H3,(H,29,32). The number of ether oxygens (including phenoxy) is 1. The number of aromatic nitrogens is 2. The number of nitrogens with one attached hydrogen (secondary N) is 1. The van der Waals surface area contributed by atoms with Gasteiger partial charge in [0.25, 0.3) is 17.7 Å². The Morgan fingerprint density at radius 2 is 1.77 bits per heavy atom. The molecule has 0 spiro atoms. The number of rotatable bonds is 7. The number of fused-ring (bicyclic) bond motifs is 2. The van der Waals surface area contributed by atoms with Gasteiger partial charge in [-0.05, 0) is 43.2 Å². The molecule has 0 aliphatic carbocycles. The second kappa shape index (κ2) is 9.15. The molecular weight excluding hydrogens is 444 g/mol. The number of anilines is 1. The molecule has 3 heterocycles. The van der Waals surface area contributed by atoms with Crippen molar-refractivity contribution in [1.29, 1.82) is 0 Å². The van der Waals surface area contributed by atoms with E-state index in [0.29, 0.717) is 30.1 Å². The van der Waals surface area contributed by atoms with E-state index >= 15 is 0 Å². The first kappa shape index (κ1) is 22.5. The number of pyridine rings is 1. The van der Waals surface area contributed by atoms with Crippen molar-refractivity contribution < 1.29 is 19.1 Å². The maximum atomic E-state index is 13.3. The van der Waals surface area contributed by atoms with Crippen LogP contribution in [0.1, 0.15) is 43.1 Å². The molecule has 1 aliphatic heterocycles. The molecule has 1 N–H and O–H groups in total. The van der Waals surface area contributed by atoms with E-state index in [-0.39, 0.29) is 23.6 Å². The summed E-state index contributed by atoms with van der Waals surface area (Å²) in [5, 5.41) is 2.98. The van der Waals surface area contributed by atoms with E-state index in [9.17, 15) is 14.4 Å². The van der Waals surface area contributed by atoms with Gasteiger partial charge >= 0.3 is 0 Å². The lowest BCUT2D eigenvalue weighted by atomic mass is 10.1. The number of imidazole rings is 1. The van der Waals surface area contributed by atoms with Crippen molar-refractivity contribution in [3.8, 4) is 11.3 Å². The molecule has 2 aromatic heterocycles. The summed E-state index contributed by atoms with van der Waals surface area (Å²) in [6.45, 7) is 2.68. The van der Waals surface area contributed by atoms with Crippen LogP contribution in [0, 0.1) is 6.92 Å². The van der Waals surface area contributed by atoms with Gasteiger partial charge < -0.3 is 10.1 Å². The van der Waals surface area contributed by atoms with Crippen molar-refractivity contribution >= 4 is 29.2 Å². The first-order valence-electron chi connectivity index (χ1n) is 11.3. The van der Waals surface area contributed by atoms with Gasteiger partial charge in [-0.15, -0.1) is 0 Å². The molecule has 0 saturated carbocycles. The molecule has 8 heteroatoms. The van der Waals surface area contributed by atoms with Crippen molar-refractivity contribution in [3.63, 3.8) is 0 Å². The molecule has 176 valence electrons. The van der Waals surface area contributed by atoms with E-state index < -0.39 is 11.8 Å². The molecule has 35 heavy (non-hydrogen) atoms. The molecule has 0 atom stereocenters. The number of carbonyl (C=O) groups excluding carboxylic acids is 3. The summed E-state index contributed by atoms with van der Waals surface area (Å²) in [7, 11) is 1.57. The third-order valence-electron chi connectivity index (χ3n) is 6.09. The van der Waals surface area contributed by atoms with Gasteiger partial charge in [0, 0.05) is 37.6 Å². The first-order chi connectivity index (χ1) is 17.0. The van der Waals surface area contributed by atoms with Gasteiger partial charge in [-0.2, -0.15) is 0 Å². The fraction of sp³-hybridized carbons (Fsp3) is 0.185. The van der Waals surface area contributed by atoms with E-state index in [1.54, 1.807) is 13.2 Å². The number of benzene rings is 2. The Morgan fingerprint density at radius 1 is 1.00 bits per heavy atom. The Balaban J connectivity index is 1.48. The minimum atomic E-state index is -0.397. The van der Waals surface area contributed by atoms with Gasteiger partial charge in [-0.1, -0.05) is 36.4 Å². The molecule has 3 amide bonds. The number of methoxy groups -OCH3 is 1. The fourth-order valence-electron chi connectivity index (χ4n) is 4.30. The molecule has 4 aromatic rings. The molecule has 8 nitrogen and oxygen atoms in total. The average molecular weight is 469 g/mol. The highest BCUT2D eigenvalue weighted by molar-refractivity contribution is 6.22. The Morgan fingerprint density at radius 3 is 2.54 bits per heavy atom. The lowest BCUT2D eigenvalue weighted by Crippen LogP contribution is -2.31. The van der Waals surface area contributed by atoms with Crippen LogP contribution in [0.5, 0.6) is 0 Å². The maximum Gasteiger partial charge on any atom is 0.261 e. The molecule has 0 radical (unpaired) electrons. The zero-order chi connectivity index (χ0) is 24.5. The highest BCUT2D eigenvalue weighted by Crippen LogP contribution is 2.31. The zero-order valence-electron chi connectivity index (χ0n) is 19.4. The van der Waals surface area contributed by atoms with Gasteiger partial charge in [-0.3, -0.25) is 23.7 Å². The summed E-state index contributed by atoms with van der Waals surface area (Å²) >= 11 is 0. The van der Waals surface area contributed by atoms with Gasteiger partial charge in [-0.25, -0.2) is 4.98 Å². The highest BCUT2D eigenvalue weighted by Gasteiger charge is 2.35. The molecule has 0 bridgehead atoms. The average Bonchev–Trinajstić information content (AvgIpc) is 3.36. The number of hydrogen-bond acceptors (Lipinski definition) is 5. The van der Waals surface area contributed by atoms with Crippen molar-refractivity contribution in [1.82, 2.24) is 14.3 Å². The van der Waals surface area contributed by atoms with Crippen molar-refractivity contribution in [2.24, 2.45) is 0 Å². The third-order valence-corrected chi connectivity index (χ3v) is 6.09. The van der Waals surface area contributed by atoms with Crippen LogP contribution < -0.4 is 5.32 Å². The second-order valence-electron chi connectivity index (χ2n) is 8.38. The topological polar surface area (TPSA) is 93.0 Å². The van der Waals surface area contributed by atoms with Crippen LogP contribution in [0.2, 0.25) is 0 Å². The molecular formula is C27H24N4O4. The largest absolute Gasteiger partial charge is 0.385 e. The molecule has 1 aliphatic rings. The summed E-state index contributed by atoms with van der Waals surface area (Å²) < 4.78 is 6.86. The monoisotopic (exact) mass is 468 g/mol. The summed E-state index contributed by atoms with van der Waals surface area (Å²) in [4.78, 5) is 44.8. The summed E-state index contributed by atoms with van der Waals surface area (Å²) in [5.41, 5.74) is 4.04. The minimum Gasteiger partial charge on any atom is -0.385 e. The maximum absolute atomic E-state index is 13.3. The Labute approximate surface area is 202 Å². The van der Waals surface area contributed by atoms with Crippen LogP contribution in [0.25, 0.3) is 16.9 Å². The van der Waals surface area contributed by atoms with E-state index in [2.05, 4.69) is 5.32 Å². The van der Waals surface area contributed by atoms with Crippen molar-refractivity contribution in [2.45, 2.75) is 13.3 Å². The van der Waals surface area contributed by atoms with Crippen LogP contribution in [-0.4, -0.2) is 52.3 Å². The normalized spacial score (nSPS) is 12.9. The zero-order valence-corrected chi connectivity index (χ0v) is 19.4. The van der Waals surface area contributed by atoms with Crippen molar-refractivity contribution in [2.75, 3.05) is 25.6 Å². The van der Waals surface area contributed by atoms with E-state index in [4.69, 9.17) is 9.72 Å². The quantitative estimate of drug-likeness (QED) is 0.324. The number of aryl methyl sites for hydroxylation is 1. The number of imide groups is 1. The van der Waals surface area contributed by atoms with E-state index in [1.807, 2.05) is 60.0 Å². The van der Waals surface area contributed by atoms with Gasteiger partial charge in [0.05, 0.1) is 11.1 Å². The van der Waals surface area contributed by atoms with E-state index in [0.717, 1.165) is 16.8 Å². The molecule has 0 saturated heterocycles. The Hall–Kier alpha value is -4.30. The smallest absolute Gasteiger partial charge is 0.261 e. The summed E-state index contributed by atoms with van der Waals surface area (Å²) in [5.74, 6) is -0.613. The van der Waals surface area contributed by atoms with Gasteiger partial charge in [0.1, 0.15) is 17.2 Å². The minimum absolute atomic E-state index is 0.234. The Bertz CT molecular complexity index is 1460. The summed E-state index contributed by atoms with van der Waals surface area (Å²) in [6.07, 6.45) is 2.39. The van der Waals surface area contributed by atoms with Gasteiger partial charge in [0.2, 0.25) is 0 Å². The van der Waals surface area contributed by atoms with Gasteiger partial charge in [0.15, 0.2) is 0 Å². The number of amides is 3. The second-order valence-corrected chi connectivity index (χ2v) is 8.38. The summed E-state index contributed by atoms with van der Waals surface area (Å²) in [6, 6.07) is 18.1. The van der Waals surface area contributed by atoms with Crippen molar-refractivity contribution in [3.05, 3.63) is 89.1 Å². The predicted octanol–water partition coefficient (Wildman–Crippen LogP) is 4.19.